The van der Waals surface area contributed by atoms with E-state index in [2.05, 4.69) is 25.9 Å². The van der Waals surface area contributed by atoms with Crippen LogP contribution in [0.15, 0.2) is 42.9 Å². The van der Waals surface area contributed by atoms with Crippen molar-refractivity contribution in [1.82, 2.24) is 25.9 Å². The summed E-state index contributed by atoms with van der Waals surface area (Å²) in [5.74, 6) is -4.82. The van der Waals surface area contributed by atoms with Crippen molar-refractivity contribution in [3.8, 4) is 0 Å². The number of nitrogens with zero attached hydrogens (tertiary/aromatic N) is 1. The molecule has 0 spiro atoms. The van der Waals surface area contributed by atoms with Crippen molar-refractivity contribution in [2.45, 2.75) is 90.0 Å². The molecule has 3 amide bonds. The van der Waals surface area contributed by atoms with E-state index in [4.69, 9.17) is 33.1 Å². The van der Waals surface area contributed by atoms with Gasteiger partial charge in [-0.3, -0.25) is 19.2 Å². The first kappa shape index (κ1) is 46.1. The van der Waals surface area contributed by atoms with Crippen LogP contribution in [0, 0.1) is 11.8 Å². The Balaban J connectivity index is 0.000000823. The van der Waals surface area contributed by atoms with Gasteiger partial charge in [0.05, 0.1) is 18.9 Å². The SMILES string of the molecule is CC(C)[C@H](N)C(=O)O.CC(C)[C@H](NC(=O)[C@@H](N)Cc1ccccc1)C(=O)O.NCCCC[C@H](NC(=O)[C@H](Cc1cnc[nH]1)NC(=O)CN)C(=O)O. The van der Waals surface area contributed by atoms with Crippen molar-refractivity contribution in [3.05, 3.63) is 54.1 Å². The third-order valence-corrected chi connectivity index (χ3v) is 7.25. The van der Waals surface area contributed by atoms with Gasteiger partial charge >= 0.3 is 17.9 Å². The van der Waals surface area contributed by atoms with Gasteiger partial charge in [-0.1, -0.05) is 58.0 Å². The Morgan fingerprint density at radius 3 is 1.82 bits per heavy atom. The minimum atomic E-state index is -1.13. The zero-order valence-corrected chi connectivity index (χ0v) is 29.6. The number of aromatic nitrogens is 2. The van der Waals surface area contributed by atoms with Crippen molar-refractivity contribution < 1.29 is 44.1 Å². The standard InChI is InChI=1S/C14H24N6O4.C14H20N2O3.C5H11NO2/c15-4-2-1-3-10(14(23)24)20-13(22)11(19-12(21)6-16)5-9-7-17-8-18-9;1-9(2)12(14(18)19)16-13(17)11(15)8-10-6-4-3-5-7-10;1-3(2)4(6)5(7)8/h7-8,10-11H,1-6,15-16H2,(H,17,18)(H,19,21)(H,20,22)(H,23,24);3-7,9,11-12H,8,15H2,1-2H3,(H,16,17)(H,18,19);3-4H,6H2,1-2H3,(H,7,8)/t10-,11-;11-,12-;4-/m000/s1. The van der Waals surface area contributed by atoms with Gasteiger partial charge in [-0.25, -0.2) is 14.6 Å². The number of aromatic amines is 1. The normalized spacial score (nSPS) is 13.5. The first-order chi connectivity index (χ1) is 23.9. The van der Waals surface area contributed by atoms with E-state index in [0.717, 1.165) is 5.56 Å². The van der Waals surface area contributed by atoms with Gasteiger partial charge < -0.3 is 59.2 Å². The Kier molecular flexibility index (Phi) is 22.7. The van der Waals surface area contributed by atoms with E-state index in [-0.39, 0.29) is 31.2 Å². The number of aliphatic carboxylic acids is 3. The number of carbonyl (C=O) groups excluding carboxylic acids is 3. The lowest BCUT2D eigenvalue weighted by molar-refractivity contribution is -0.143. The first-order valence-corrected chi connectivity index (χ1v) is 16.5. The molecule has 18 heteroatoms. The van der Waals surface area contributed by atoms with Crippen LogP contribution in [0.1, 0.15) is 58.2 Å². The molecule has 2 aromatic rings. The second-order valence-electron chi connectivity index (χ2n) is 12.3. The highest BCUT2D eigenvalue weighted by molar-refractivity contribution is 5.91. The second-order valence-corrected chi connectivity index (χ2v) is 12.3. The third-order valence-electron chi connectivity index (χ3n) is 7.25. The molecule has 15 N–H and O–H groups in total. The maximum atomic E-state index is 12.4. The zero-order valence-electron chi connectivity index (χ0n) is 29.6. The smallest absolute Gasteiger partial charge is 0.326 e. The summed E-state index contributed by atoms with van der Waals surface area (Å²) in [5.41, 5.74) is 23.2. The lowest BCUT2D eigenvalue weighted by Crippen LogP contribution is -2.53. The summed E-state index contributed by atoms with van der Waals surface area (Å²) in [4.78, 5) is 74.7. The molecule has 0 aliphatic heterocycles. The summed E-state index contributed by atoms with van der Waals surface area (Å²) in [7, 11) is 0. The van der Waals surface area contributed by atoms with Crippen LogP contribution in [0.5, 0.6) is 0 Å². The number of imidazole rings is 1. The Labute approximate surface area is 297 Å². The molecule has 0 aliphatic rings. The molecule has 51 heavy (non-hydrogen) atoms. The van der Waals surface area contributed by atoms with E-state index in [0.29, 0.717) is 31.5 Å². The number of nitrogens with two attached hydrogens (primary N) is 4. The summed E-state index contributed by atoms with van der Waals surface area (Å²) in [6.45, 7) is 7.21. The predicted octanol–water partition coefficient (Wildman–Crippen LogP) is -1.07. The second kappa shape index (κ2) is 25.1. The topological polar surface area (TPSA) is 332 Å². The van der Waals surface area contributed by atoms with Gasteiger partial charge in [0.1, 0.15) is 24.2 Å². The van der Waals surface area contributed by atoms with Gasteiger partial charge in [0.15, 0.2) is 0 Å². The lowest BCUT2D eigenvalue weighted by atomic mass is 10.0. The third kappa shape index (κ3) is 19.8. The number of amides is 3. The molecule has 0 saturated heterocycles. The molecule has 1 aromatic heterocycles. The monoisotopic (exact) mass is 721 g/mol. The average molecular weight is 722 g/mol. The summed E-state index contributed by atoms with van der Waals surface area (Å²) in [6, 6.07) is 5.03. The number of carbonyl (C=O) groups is 6. The van der Waals surface area contributed by atoms with E-state index >= 15 is 0 Å². The quantitative estimate of drug-likeness (QED) is 0.0770. The fraction of sp³-hybridized carbons (Fsp3) is 0.545. The molecule has 18 nitrogen and oxygen atoms in total. The van der Waals surface area contributed by atoms with E-state index in [1.807, 2.05) is 30.3 Å². The fourth-order valence-corrected chi connectivity index (χ4v) is 4.12. The molecule has 286 valence electrons. The molecule has 2 rings (SSSR count). The lowest BCUT2D eigenvalue weighted by Gasteiger charge is -2.21. The van der Waals surface area contributed by atoms with Gasteiger partial charge in [0.25, 0.3) is 0 Å². The molecular formula is C33H55N9O9. The highest BCUT2D eigenvalue weighted by atomic mass is 16.4. The maximum absolute atomic E-state index is 12.4. The number of benzene rings is 1. The Morgan fingerprint density at radius 1 is 0.765 bits per heavy atom. The minimum Gasteiger partial charge on any atom is -0.480 e. The van der Waals surface area contributed by atoms with Gasteiger partial charge in [-0.15, -0.1) is 0 Å². The van der Waals surface area contributed by atoms with Gasteiger partial charge in [0, 0.05) is 18.3 Å². The molecule has 0 bridgehead atoms. The Bertz CT molecular complexity index is 1340. The number of H-pyrrole nitrogens is 1. The van der Waals surface area contributed by atoms with Crippen LogP contribution in [0.25, 0.3) is 0 Å². The summed E-state index contributed by atoms with van der Waals surface area (Å²) in [6.07, 6.45) is 5.01. The maximum Gasteiger partial charge on any atom is 0.326 e. The summed E-state index contributed by atoms with van der Waals surface area (Å²) in [5, 5.41) is 33.9. The molecule has 1 heterocycles. The predicted molar refractivity (Wildman–Crippen MR) is 189 cm³/mol. The van der Waals surface area contributed by atoms with Gasteiger partial charge in [-0.2, -0.15) is 0 Å². The van der Waals surface area contributed by atoms with E-state index in [1.54, 1.807) is 27.7 Å². The van der Waals surface area contributed by atoms with Crippen molar-refractivity contribution in [1.29, 1.82) is 0 Å². The van der Waals surface area contributed by atoms with Gasteiger partial charge in [0.2, 0.25) is 17.7 Å². The van der Waals surface area contributed by atoms with Gasteiger partial charge in [-0.05, 0) is 49.6 Å². The average Bonchev–Trinajstić information content (AvgIpc) is 3.59. The van der Waals surface area contributed by atoms with E-state index in [1.165, 1.54) is 12.5 Å². The van der Waals surface area contributed by atoms with Crippen molar-refractivity contribution in [2.75, 3.05) is 13.1 Å². The van der Waals surface area contributed by atoms with Crippen LogP contribution in [-0.2, 0) is 41.6 Å². The number of hydrogen-bond donors (Lipinski definition) is 11. The number of carboxylic acid groups (broad SMARTS) is 3. The van der Waals surface area contributed by atoms with E-state index in [9.17, 15) is 33.9 Å². The molecule has 0 radical (unpaired) electrons. The summed E-state index contributed by atoms with van der Waals surface area (Å²) >= 11 is 0. The molecule has 5 atom stereocenters. The first-order valence-electron chi connectivity index (χ1n) is 16.5. The van der Waals surface area contributed by atoms with Crippen LogP contribution in [0.3, 0.4) is 0 Å². The number of carboxylic acids is 3. The molecule has 0 saturated carbocycles. The van der Waals surface area contributed by atoms with Crippen molar-refractivity contribution >= 4 is 35.6 Å². The zero-order chi connectivity index (χ0) is 39.1. The minimum absolute atomic E-state index is 0.0208. The molecular weight excluding hydrogens is 666 g/mol. The molecule has 0 unspecified atom stereocenters. The molecule has 0 fully saturated rings. The van der Waals surface area contributed by atoms with Crippen LogP contribution >= 0.6 is 0 Å². The van der Waals surface area contributed by atoms with Crippen LogP contribution < -0.4 is 38.9 Å². The fourth-order valence-electron chi connectivity index (χ4n) is 4.12. The van der Waals surface area contributed by atoms with Crippen molar-refractivity contribution in [3.63, 3.8) is 0 Å². The van der Waals surface area contributed by atoms with Crippen LogP contribution in [-0.4, -0.2) is 104 Å². The molecule has 0 aliphatic carbocycles. The number of unbranched alkanes of at least 4 members (excludes halogenated alkanes) is 1. The summed E-state index contributed by atoms with van der Waals surface area (Å²) < 4.78 is 0. The number of rotatable bonds is 19. The van der Waals surface area contributed by atoms with Crippen LogP contribution in [0.4, 0.5) is 0 Å². The number of hydrogen-bond acceptors (Lipinski definition) is 11. The molecule has 1 aromatic carbocycles. The Hall–Kier alpha value is -4.91. The number of nitrogens with one attached hydrogen (secondary N) is 4. The van der Waals surface area contributed by atoms with Crippen molar-refractivity contribution in [2.24, 2.45) is 34.8 Å². The van der Waals surface area contributed by atoms with Crippen LogP contribution in [0.2, 0.25) is 0 Å². The highest BCUT2D eigenvalue weighted by Gasteiger charge is 2.27. The largest absolute Gasteiger partial charge is 0.480 e. The Morgan fingerprint density at radius 2 is 1.39 bits per heavy atom. The van der Waals surface area contributed by atoms with E-state index < -0.39 is 65.8 Å². The highest BCUT2D eigenvalue weighted by Crippen LogP contribution is 2.06.